The molecule has 0 amide bonds. The first kappa shape index (κ1) is 19.4. The second-order valence-corrected chi connectivity index (χ2v) is 8.13. The van der Waals surface area contributed by atoms with Gasteiger partial charge in [0.25, 0.3) is 5.69 Å². The van der Waals surface area contributed by atoms with Crippen LogP contribution in [0.25, 0.3) is 0 Å². The van der Waals surface area contributed by atoms with Gasteiger partial charge in [-0.25, -0.2) is 0 Å². The van der Waals surface area contributed by atoms with Gasteiger partial charge in [0.2, 0.25) is 0 Å². The summed E-state index contributed by atoms with van der Waals surface area (Å²) < 4.78 is 5.57. The monoisotopic (exact) mass is 387 g/mol. The molecule has 1 aliphatic rings. The van der Waals surface area contributed by atoms with E-state index in [0.717, 1.165) is 11.1 Å². The highest BCUT2D eigenvalue weighted by atomic mass is 35.5. The van der Waals surface area contributed by atoms with Crippen LogP contribution < -0.4 is 0 Å². The Morgan fingerprint density at radius 3 is 2.41 bits per heavy atom. The Kier molecular flexibility index (Phi) is 5.00. The number of ether oxygens (including phenoxy) is 1. The molecule has 6 heteroatoms. The van der Waals surface area contributed by atoms with Crippen LogP contribution in [0.1, 0.15) is 42.0 Å². The zero-order valence-corrected chi connectivity index (χ0v) is 16.5. The summed E-state index contributed by atoms with van der Waals surface area (Å²) >= 11 is 5.95. The highest BCUT2D eigenvalue weighted by molar-refractivity contribution is 6.30. The number of hydrogen-bond donors (Lipinski definition) is 0. The van der Waals surface area contributed by atoms with Crippen molar-refractivity contribution in [1.82, 2.24) is 0 Å². The number of carbonyl (C=O) groups excluding carboxylic acids is 1. The molecule has 3 rings (SSSR count). The lowest BCUT2D eigenvalue weighted by molar-refractivity contribution is -0.385. The first-order chi connectivity index (χ1) is 12.6. The highest BCUT2D eigenvalue weighted by Gasteiger charge is 2.63. The van der Waals surface area contributed by atoms with Gasteiger partial charge in [-0.15, -0.1) is 0 Å². The Morgan fingerprint density at radius 1 is 1.19 bits per heavy atom. The van der Waals surface area contributed by atoms with E-state index in [1.54, 1.807) is 13.0 Å². The number of nitro benzene ring substituents is 1. The van der Waals surface area contributed by atoms with E-state index in [9.17, 15) is 14.9 Å². The maximum atomic E-state index is 12.7. The number of carbonyl (C=O) groups is 1. The van der Waals surface area contributed by atoms with Gasteiger partial charge in [0, 0.05) is 28.1 Å². The number of esters is 1. The fourth-order valence-electron chi connectivity index (χ4n) is 3.90. The lowest BCUT2D eigenvalue weighted by atomic mass is 10.0. The van der Waals surface area contributed by atoms with Gasteiger partial charge in [0.1, 0.15) is 6.61 Å². The number of halogens is 1. The van der Waals surface area contributed by atoms with Crippen molar-refractivity contribution in [3.63, 3.8) is 0 Å². The van der Waals surface area contributed by atoms with E-state index in [-0.39, 0.29) is 35.5 Å². The van der Waals surface area contributed by atoms with Crippen LogP contribution in [0.4, 0.5) is 5.69 Å². The van der Waals surface area contributed by atoms with Crippen LogP contribution in [0.5, 0.6) is 0 Å². The zero-order chi connectivity index (χ0) is 19.9. The van der Waals surface area contributed by atoms with Crippen LogP contribution in [-0.2, 0) is 16.1 Å². The maximum Gasteiger partial charge on any atom is 0.310 e. The van der Waals surface area contributed by atoms with Crippen molar-refractivity contribution in [2.45, 2.75) is 40.2 Å². The van der Waals surface area contributed by atoms with Crippen molar-refractivity contribution >= 4 is 23.3 Å². The van der Waals surface area contributed by atoms with Crippen LogP contribution in [0.2, 0.25) is 5.02 Å². The van der Waals surface area contributed by atoms with Gasteiger partial charge in [-0.05, 0) is 42.5 Å². The largest absolute Gasteiger partial charge is 0.461 e. The van der Waals surface area contributed by atoms with Gasteiger partial charge in [0.05, 0.1) is 10.8 Å². The minimum Gasteiger partial charge on any atom is -0.461 e. The summed E-state index contributed by atoms with van der Waals surface area (Å²) in [4.78, 5) is 23.4. The summed E-state index contributed by atoms with van der Waals surface area (Å²) in [6.07, 6.45) is 0. The predicted molar refractivity (Wildman–Crippen MR) is 104 cm³/mol. The van der Waals surface area contributed by atoms with E-state index in [1.165, 1.54) is 6.07 Å². The Balaban J connectivity index is 1.74. The van der Waals surface area contributed by atoms with Gasteiger partial charge in [-0.2, -0.15) is 0 Å². The molecule has 2 aromatic carbocycles. The molecular weight excluding hydrogens is 366 g/mol. The summed E-state index contributed by atoms with van der Waals surface area (Å²) in [6.45, 7) is 7.67. The molecule has 142 valence electrons. The summed E-state index contributed by atoms with van der Waals surface area (Å²) in [5.74, 6) is -0.433. The van der Waals surface area contributed by atoms with Crippen LogP contribution in [0, 0.1) is 35.3 Å². The van der Waals surface area contributed by atoms with Gasteiger partial charge in [-0.1, -0.05) is 43.6 Å². The number of benzene rings is 2. The van der Waals surface area contributed by atoms with Gasteiger partial charge in [0.15, 0.2) is 0 Å². The molecule has 0 radical (unpaired) electrons. The van der Waals surface area contributed by atoms with Gasteiger partial charge in [-0.3, -0.25) is 14.9 Å². The molecular formula is C21H22ClNO4. The lowest BCUT2D eigenvalue weighted by Gasteiger charge is -2.11. The van der Waals surface area contributed by atoms with E-state index in [4.69, 9.17) is 16.3 Å². The molecule has 2 aromatic rings. The predicted octanol–water partition coefficient (Wildman–Crippen LogP) is 5.35. The van der Waals surface area contributed by atoms with Crippen molar-refractivity contribution in [2.24, 2.45) is 11.3 Å². The number of nitrogens with zero attached hydrogens (tertiary/aromatic N) is 1. The Hall–Kier alpha value is -2.40. The molecule has 0 heterocycles. The number of aryl methyl sites for hydroxylation is 1. The summed E-state index contributed by atoms with van der Waals surface area (Å²) in [7, 11) is 0. The summed E-state index contributed by atoms with van der Waals surface area (Å²) in [5, 5.41) is 11.8. The van der Waals surface area contributed by atoms with E-state index >= 15 is 0 Å². The smallest absolute Gasteiger partial charge is 0.310 e. The van der Waals surface area contributed by atoms with Crippen molar-refractivity contribution in [1.29, 1.82) is 0 Å². The SMILES string of the molecule is Cc1ccc([N+](=O)[O-])c(C)c1COC(=O)C1C(c2ccc(Cl)cc2)C1(C)C. The summed E-state index contributed by atoms with van der Waals surface area (Å²) in [6, 6.07) is 10.7. The molecule has 2 unspecified atom stereocenters. The first-order valence-electron chi connectivity index (χ1n) is 8.80. The molecule has 0 aliphatic heterocycles. The third-order valence-electron chi connectivity index (χ3n) is 5.67. The second-order valence-electron chi connectivity index (χ2n) is 7.70. The Morgan fingerprint density at radius 2 is 1.81 bits per heavy atom. The summed E-state index contributed by atoms with van der Waals surface area (Å²) in [5.41, 5.74) is 3.01. The average Bonchev–Trinajstić information content (AvgIpc) is 3.17. The number of rotatable bonds is 5. The van der Waals surface area contributed by atoms with Crippen molar-refractivity contribution < 1.29 is 14.5 Å². The van der Waals surface area contributed by atoms with Crippen molar-refractivity contribution in [3.8, 4) is 0 Å². The molecule has 2 atom stereocenters. The van der Waals surface area contributed by atoms with Gasteiger partial charge < -0.3 is 4.74 Å². The molecule has 1 fully saturated rings. The topological polar surface area (TPSA) is 69.4 Å². The molecule has 1 saturated carbocycles. The number of nitro groups is 1. The molecule has 0 saturated heterocycles. The number of hydrogen-bond acceptors (Lipinski definition) is 4. The van der Waals surface area contributed by atoms with E-state index in [0.29, 0.717) is 16.1 Å². The lowest BCUT2D eigenvalue weighted by Crippen LogP contribution is -2.12. The third kappa shape index (κ3) is 3.56. The third-order valence-corrected chi connectivity index (χ3v) is 5.92. The average molecular weight is 388 g/mol. The zero-order valence-electron chi connectivity index (χ0n) is 15.8. The Bertz CT molecular complexity index is 905. The molecule has 0 bridgehead atoms. The second kappa shape index (κ2) is 6.97. The fraction of sp³-hybridized carbons (Fsp3) is 0.381. The maximum absolute atomic E-state index is 12.7. The van der Waals surface area contributed by atoms with Crippen LogP contribution in [-0.4, -0.2) is 10.9 Å². The normalized spacial score (nSPS) is 20.2. The van der Waals surface area contributed by atoms with E-state index in [2.05, 4.69) is 0 Å². The van der Waals surface area contributed by atoms with Crippen LogP contribution in [0.3, 0.4) is 0 Å². The van der Waals surface area contributed by atoms with E-state index < -0.39 is 4.92 Å². The molecule has 0 aromatic heterocycles. The standard InChI is InChI=1S/C21H22ClNO4/c1-12-5-10-17(23(25)26)13(2)16(12)11-27-20(24)19-18(21(19,3)4)14-6-8-15(22)9-7-14/h5-10,18-19H,11H2,1-4H3. The fourth-order valence-corrected chi connectivity index (χ4v) is 4.03. The van der Waals surface area contributed by atoms with Crippen LogP contribution >= 0.6 is 11.6 Å². The Labute approximate surface area is 163 Å². The molecule has 0 spiro atoms. The first-order valence-corrected chi connectivity index (χ1v) is 9.18. The molecule has 27 heavy (non-hydrogen) atoms. The van der Waals surface area contributed by atoms with E-state index in [1.807, 2.05) is 45.0 Å². The van der Waals surface area contributed by atoms with Crippen LogP contribution in [0.15, 0.2) is 36.4 Å². The molecule has 0 N–H and O–H groups in total. The van der Waals surface area contributed by atoms with Gasteiger partial charge >= 0.3 is 5.97 Å². The minimum atomic E-state index is -0.416. The molecule has 5 nitrogen and oxygen atoms in total. The quantitative estimate of drug-likeness (QED) is 0.394. The highest BCUT2D eigenvalue weighted by Crippen LogP contribution is 2.64. The minimum absolute atomic E-state index is 0.0393. The van der Waals surface area contributed by atoms with Crippen molar-refractivity contribution in [2.75, 3.05) is 0 Å². The molecule has 1 aliphatic carbocycles. The van der Waals surface area contributed by atoms with Crippen molar-refractivity contribution in [3.05, 3.63) is 73.8 Å².